The average Bonchev–Trinajstić information content (AvgIpc) is 2.16. The topological polar surface area (TPSA) is 37.3 Å². The van der Waals surface area contributed by atoms with E-state index in [1.807, 2.05) is 6.92 Å². The second kappa shape index (κ2) is 5.64. The molecule has 1 N–H and O–H groups in total. The zero-order valence-corrected chi connectivity index (χ0v) is 9.85. The Labute approximate surface area is 90.5 Å². The molecule has 0 aromatic carbocycles. The van der Waals surface area contributed by atoms with Crippen LogP contribution in [0.4, 0.5) is 0 Å². The maximum atomic E-state index is 10.8. The van der Waals surface area contributed by atoms with Crippen LogP contribution in [0.1, 0.15) is 46.0 Å². The van der Waals surface area contributed by atoms with Crippen molar-refractivity contribution in [3.05, 3.63) is 0 Å². The number of rotatable bonds is 4. The van der Waals surface area contributed by atoms with Crippen LogP contribution in [0.5, 0.6) is 0 Å². The molecule has 0 aromatic rings. The molecule has 2 nitrogen and oxygen atoms in total. The van der Waals surface area contributed by atoms with Gasteiger partial charge in [0.15, 0.2) is 0 Å². The summed E-state index contributed by atoms with van der Waals surface area (Å²) in [6.45, 7) is 4.24. The average molecular weight is 216 g/mol. The predicted molar refractivity (Wildman–Crippen MR) is 60.7 cm³/mol. The van der Waals surface area contributed by atoms with Crippen molar-refractivity contribution in [2.24, 2.45) is 5.92 Å². The Balaban J connectivity index is 2.32. The van der Waals surface area contributed by atoms with Gasteiger partial charge < -0.3 is 5.11 Å². The number of hydrogen-bond donors (Lipinski definition) is 1. The third-order valence-electron chi connectivity index (χ3n) is 2.97. The van der Waals surface area contributed by atoms with Gasteiger partial charge in [-0.15, -0.1) is 11.8 Å². The van der Waals surface area contributed by atoms with Gasteiger partial charge in [0, 0.05) is 5.25 Å². The SMILES string of the molecule is CCC(SC1CCC(C)CC1)C(=O)O. The minimum Gasteiger partial charge on any atom is -0.480 e. The number of carboxylic acid groups (broad SMARTS) is 1. The molecule has 0 radical (unpaired) electrons. The van der Waals surface area contributed by atoms with Crippen LogP contribution in [-0.4, -0.2) is 21.6 Å². The summed E-state index contributed by atoms with van der Waals surface area (Å²) in [6, 6.07) is 0. The maximum absolute atomic E-state index is 10.8. The first-order chi connectivity index (χ1) is 6.63. The molecule has 1 unspecified atom stereocenters. The fourth-order valence-corrected chi connectivity index (χ4v) is 3.24. The molecule has 0 aliphatic heterocycles. The highest BCUT2D eigenvalue weighted by Crippen LogP contribution is 2.34. The van der Waals surface area contributed by atoms with E-state index in [9.17, 15) is 4.79 Å². The second-order valence-corrected chi connectivity index (χ2v) is 5.76. The monoisotopic (exact) mass is 216 g/mol. The molecule has 1 atom stereocenters. The first-order valence-corrected chi connectivity index (χ1v) is 6.46. The van der Waals surface area contributed by atoms with Gasteiger partial charge in [0.2, 0.25) is 0 Å². The third kappa shape index (κ3) is 3.52. The molecule has 0 spiro atoms. The van der Waals surface area contributed by atoms with Crippen LogP contribution >= 0.6 is 11.8 Å². The molecule has 0 saturated heterocycles. The molecular formula is C11H20O2S. The summed E-state index contributed by atoms with van der Waals surface area (Å²) in [5, 5.41) is 9.34. The highest BCUT2D eigenvalue weighted by atomic mass is 32.2. The fraction of sp³-hybridized carbons (Fsp3) is 0.909. The van der Waals surface area contributed by atoms with Gasteiger partial charge >= 0.3 is 5.97 Å². The van der Waals surface area contributed by atoms with E-state index in [4.69, 9.17) is 5.11 Å². The minimum atomic E-state index is -0.642. The number of thioether (sulfide) groups is 1. The van der Waals surface area contributed by atoms with Crippen molar-refractivity contribution >= 4 is 17.7 Å². The largest absolute Gasteiger partial charge is 0.480 e. The Morgan fingerprint density at radius 3 is 2.43 bits per heavy atom. The van der Waals surface area contributed by atoms with Gasteiger partial charge in [-0.1, -0.05) is 13.8 Å². The molecule has 1 aliphatic carbocycles. The molecule has 1 rings (SSSR count). The van der Waals surface area contributed by atoms with E-state index in [2.05, 4.69) is 6.92 Å². The van der Waals surface area contributed by atoms with Crippen molar-refractivity contribution in [1.29, 1.82) is 0 Å². The van der Waals surface area contributed by atoms with E-state index in [0.717, 1.165) is 12.3 Å². The predicted octanol–water partition coefficient (Wildman–Crippen LogP) is 3.16. The summed E-state index contributed by atoms with van der Waals surface area (Å²) in [6.07, 6.45) is 5.69. The van der Waals surface area contributed by atoms with Gasteiger partial charge in [-0.2, -0.15) is 0 Å². The second-order valence-electron chi connectivity index (χ2n) is 4.25. The zero-order valence-electron chi connectivity index (χ0n) is 9.03. The molecule has 14 heavy (non-hydrogen) atoms. The van der Waals surface area contributed by atoms with Crippen molar-refractivity contribution < 1.29 is 9.90 Å². The van der Waals surface area contributed by atoms with Crippen LogP contribution in [-0.2, 0) is 4.79 Å². The normalized spacial score (nSPS) is 29.9. The van der Waals surface area contributed by atoms with Crippen LogP contribution in [0.3, 0.4) is 0 Å². The number of aliphatic carboxylic acids is 1. The quantitative estimate of drug-likeness (QED) is 0.784. The molecule has 0 amide bonds. The summed E-state index contributed by atoms with van der Waals surface area (Å²) in [5.41, 5.74) is 0. The van der Waals surface area contributed by atoms with Gasteiger partial charge in [-0.05, 0) is 38.0 Å². The van der Waals surface area contributed by atoms with Crippen LogP contribution in [0.15, 0.2) is 0 Å². The Morgan fingerprint density at radius 2 is 2.00 bits per heavy atom. The number of carbonyl (C=O) groups is 1. The van der Waals surface area contributed by atoms with E-state index >= 15 is 0 Å². The lowest BCUT2D eigenvalue weighted by Gasteiger charge is -2.27. The highest BCUT2D eigenvalue weighted by molar-refractivity contribution is 8.01. The maximum Gasteiger partial charge on any atom is 0.316 e. The summed E-state index contributed by atoms with van der Waals surface area (Å²) in [4.78, 5) is 10.8. The van der Waals surface area contributed by atoms with E-state index in [-0.39, 0.29) is 5.25 Å². The molecule has 1 aliphatic rings. The van der Waals surface area contributed by atoms with Gasteiger partial charge in [0.1, 0.15) is 5.25 Å². The Hall–Kier alpha value is -0.180. The molecule has 82 valence electrons. The molecule has 0 aromatic heterocycles. The van der Waals surface area contributed by atoms with E-state index in [1.54, 1.807) is 11.8 Å². The summed E-state index contributed by atoms with van der Waals surface area (Å²) >= 11 is 1.68. The minimum absolute atomic E-state index is 0.187. The molecule has 0 heterocycles. The highest BCUT2D eigenvalue weighted by Gasteiger charge is 2.24. The van der Waals surface area contributed by atoms with E-state index in [0.29, 0.717) is 5.25 Å². The van der Waals surface area contributed by atoms with Crippen molar-refractivity contribution in [3.63, 3.8) is 0 Å². The lowest BCUT2D eigenvalue weighted by Crippen LogP contribution is -2.22. The first kappa shape index (κ1) is 11.9. The lowest BCUT2D eigenvalue weighted by atomic mass is 9.91. The van der Waals surface area contributed by atoms with Crippen LogP contribution in [0.2, 0.25) is 0 Å². The Bertz CT molecular complexity index is 186. The van der Waals surface area contributed by atoms with Crippen LogP contribution < -0.4 is 0 Å². The van der Waals surface area contributed by atoms with Gasteiger partial charge in [0.05, 0.1) is 0 Å². The van der Waals surface area contributed by atoms with E-state index < -0.39 is 5.97 Å². The first-order valence-electron chi connectivity index (χ1n) is 5.51. The van der Waals surface area contributed by atoms with Crippen molar-refractivity contribution in [3.8, 4) is 0 Å². The summed E-state index contributed by atoms with van der Waals surface area (Å²) in [7, 11) is 0. The Morgan fingerprint density at radius 1 is 1.43 bits per heavy atom. The van der Waals surface area contributed by atoms with Crippen molar-refractivity contribution in [2.45, 2.75) is 56.5 Å². The summed E-state index contributed by atoms with van der Waals surface area (Å²) in [5.74, 6) is 0.202. The summed E-state index contributed by atoms with van der Waals surface area (Å²) < 4.78 is 0. The fourth-order valence-electron chi connectivity index (χ4n) is 1.93. The van der Waals surface area contributed by atoms with Gasteiger partial charge in [-0.25, -0.2) is 0 Å². The number of carboxylic acids is 1. The molecule has 1 fully saturated rings. The van der Waals surface area contributed by atoms with Gasteiger partial charge in [0.25, 0.3) is 0 Å². The molecule has 0 bridgehead atoms. The van der Waals surface area contributed by atoms with Crippen molar-refractivity contribution in [2.75, 3.05) is 0 Å². The van der Waals surface area contributed by atoms with Crippen molar-refractivity contribution in [1.82, 2.24) is 0 Å². The number of hydrogen-bond acceptors (Lipinski definition) is 2. The molecule has 1 saturated carbocycles. The molecule has 3 heteroatoms. The third-order valence-corrected chi connectivity index (χ3v) is 4.69. The standard InChI is InChI=1S/C11H20O2S/c1-3-10(11(12)13)14-9-6-4-8(2)5-7-9/h8-10H,3-7H2,1-2H3,(H,12,13). The smallest absolute Gasteiger partial charge is 0.316 e. The zero-order chi connectivity index (χ0) is 10.6. The van der Waals surface area contributed by atoms with E-state index in [1.165, 1.54) is 25.7 Å². The van der Waals surface area contributed by atoms with Gasteiger partial charge in [-0.3, -0.25) is 4.79 Å². The lowest BCUT2D eigenvalue weighted by molar-refractivity contribution is -0.136. The Kier molecular flexibility index (Phi) is 4.79. The van der Waals surface area contributed by atoms with Crippen LogP contribution in [0, 0.1) is 5.92 Å². The van der Waals surface area contributed by atoms with Crippen LogP contribution in [0.25, 0.3) is 0 Å². The molecular weight excluding hydrogens is 196 g/mol.